The molecule has 2 aromatic rings. The number of benzene rings is 2. The molecule has 0 radical (unpaired) electrons. The standard InChI is InChI=1S/C36H48FN3O7/c1-23-8-10-24(11-9-23)21-40-19-17-30(32(40)42)39-18-16-27(28(37)22-39)25-12-14-26(15-13-25)45-31(41)20-29(33(43)46-35(2,3)4)38-34(44)47-36(5,6)7/h8-15,27-30H,16-22H2,1-7H3,(H,38,44)/t27-,28+,29?,30+/m0/s1. The van der Waals surface area contributed by atoms with Crippen molar-refractivity contribution < 1.29 is 37.8 Å². The molecular weight excluding hydrogens is 605 g/mol. The van der Waals surface area contributed by atoms with Crippen LogP contribution in [0.1, 0.15) is 83.4 Å². The van der Waals surface area contributed by atoms with Crippen LogP contribution in [0.5, 0.6) is 5.75 Å². The molecule has 10 nitrogen and oxygen atoms in total. The summed E-state index contributed by atoms with van der Waals surface area (Å²) in [6, 6.07) is 13.1. The minimum absolute atomic E-state index is 0.0533. The van der Waals surface area contributed by atoms with Gasteiger partial charge in [0.05, 0.1) is 12.5 Å². The van der Waals surface area contributed by atoms with Gasteiger partial charge in [-0.25, -0.2) is 14.0 Å². The smallest absolute Gasteiger partial charge is 0.408 e. The molecule has 4 atom stereocenters. The van der Waals surface area contributed by atoms with E-state index in [0.717, 1.165) is 11.1 Å². The van der Waals surface area contributed by atoms with Gasteiger partial charge in [0, 0.05) is 25.6 Å². The fourth-order valence-electron chi connectivity index (χ4n) is 5.86. The Morgan fingerprint density at radius 2 is 1.55 bits per heavy atom. The maximum Gasteiger partial charge on any atom is 0.408 e. The second-order valence-corrected chi connectivity index (χ2v) is 14.4. The number of piperidine rings is 1. The number of esters is 2. The predicted octanol–water partition coefficient (Wildman–Crippen LogP) is 5.45. The van der Waals surface area contributed by atoms with E-state index in [-0.39, 0.29) is 30.2 Å². The molecule has 0 spiro atoms. The Kier molecular flexibility index (Phi) is 11.3. The highest BCUT2D eigenvalue weighted by Gasteiger charge is 2.40. The summed E-state index contributed by atoms with van der Waals surface area (Å²) in [7, 11) is 0. The first kappa shape index (κ1) is 35.9. The molecule has 0 bridgehead atoms. The molecule has 2 heterocycles. The van der Waals surface area contributed by atoms with Crippen LogP contribution in [-0.2, 0) is 30.4 Å². The third-order valence-corrected chi connectivity index (χ3v) is 8.07. The number of carbonyl (C=O) groups excluding carboxylic acids is 4. The van der Waals surface area contributed by atoms with E-state index in [2.05, 4.69) is 5.32 Å². The number of aryl methyl sites for hydroxylation is 1. The van der Waals surface area contributed by atoms with Crippen molar-refractivity contribution in [2.75, 3.05) is 19.6 Å². The Morgan fingerprint density at radius 1 is 0.915 bits per heavy atom. The first-order chi connectivity index (χ1) is 22.0. The number of alkyl halides is 1. The highest BCUT2D eigenvalue weighted by Crippen LogP contribution is 2.34. The highest BCUT2D eigenvalue weighted by atomic mass is 19.1. The van der Waals surface area contributed by atoms with Gasteiger partial charge in [-0.1, -0.05) is 42.0 Å². The van der Waals surface area contributed by atoms with Gasteiger partial charge in [-0.15, -0.1) is 0 Å². The number of likely N-dealkylation sites (tertiary alicyclic amines) is 2. The molecule has 2 aliphatic rings. The van der Waals surface area contributed by atoms with E-state index in [0.29, 0.717) is 32.5 Å². The monoisotopic (exact) mass is 653 g/mol. The van der Waals surface area contributed by atoms with Crippen molar-refractivity contribution in [3.63, 3.8) is 0 Å². The molecule has 11 heteroatoms. The molecule has 2 saturated heterocycles. The average Bonchev–Trinajstić information content (AvgIpc) is 3.32. The zero-order valence-corrected chi connectivity index (χ0v) is 28.5. The van der Waals surface area contributed by atoms with Crippen LogP contribution in [0.25, 0.3) is 0 Å². The summed E-state index contributed by atoms with van der Waals surface area (Å²) in [6.45, 7) is 14.1. The minimum atomic E-state index is -1.32. The third-order valence-electron chi connectivity index (χ3n) is 8.07. The number of rotatable bonds is 9. The molecule has 0 aromatic heterocycles. The Bertz CT molecular complexity index is 1420. The molecule has 47 heavy (non-hydrogen) atoms. The molecule has 2 amide bonds. The van der Waals surface area contributed by atoms with E-state index >= 15 is 4.39 Å². The average molecular weight is 654 g/mol. The highest BCUT2D eigenvalue weighted by molar-refractivity contribution is 5.87. The fraction of sp³-hybridized carbons (Fsp3) is 0.556. The Morgan fingerprint density at radius 3 is 2.15 bits per heavy atom. The number of amides is 2. The van der Waals surface area contributed by atoms with E-state index in [1.807, 2.05) is 41.0 Å². The molecule has 2 aliphatic heterocycles. The van der Waals surface area contributed by atoms with Crippen LogP contribution in [0.15, 0.2) is 48.5 Å². The van der Waals surface area contributed by atoms with Crippen LogP contribution in [0.2, 0.25) is 0 Å². The van der Waals surface area contributed by atoms with E-state index in [9.17, 15) is 19.2 Å². The van der Waals surface area contributed by atoms with Gasteiger partial charge in [0.1, 0.15) is 29.2 Å². The lowest BCUT2D eigenvalue weighted by atomic mass is 9.87. The molecule has 256 valence electrons. The summed E-state index contributed by atoms with van der Waals surface area (Å²) in [5.41, 5.74) is 1.38. The van der Waals surface area contributed by atoms with E-state index < -0.39 is 47.9 Å². The van der Waals surface area contributed by atoms with Crippen molar-refractivity contribution in [1.82, 2.24) is 15.1 Å². The maximum absolute atomic E-state index is 15.6. The number of nitrogens with one attached hydrogen (secondary N) is 1. The zero-order valence-electron chi connectivity index (χ0n) is 28.5. The van der Waals surface area contributed by atoms with Crippen LogP contribution in [-0.4, -0.2) is 82.8 Å². The van der Waals surface area contributed by atoms with Crippen molar-refractivity contribution in [3.8, 4) is 5.75 Å². The van der Waals surface area contributed by atoms with Crippen LogP contribution < -0.4 is 10.1 Å². The first-order valence-corrected chi connectivity index (χ1v) is 16.2. The molecule has 0 saturated carbocycles. The second kappa shape index (κ2) is 14.8. The molecule has 2 fully saturated rings. The van der Waals surface area contributed by atoms with E-state index in [1.165, 1.54) is 5.56 Å². The van der Waals surface area contributed by atoms with Crippen LogP contribution in [0, 0.1) is 6.92 Å². The summed E-state index contributed by atoms with van der Waals surface area (Å²) in [5, 5.41) is 2.41. The van der Waals surface area contributed by atoms with Crippen molar-refractivity contribution >= 4 is 23.9 Å². The molecular formula is C36H48FN3O7. The van der Waals surface area contributed by atoms with Crippen LogP contribution in [0.3, 0.4) is 0 Å². The quantitative estimate of drug-likeness (QED) is 0.281. The number of hydrogen-bond donors (Lipinski definition) is 1. The van der Waals surface area contributed by atoms with Gasteiger partial charge in [0.2, 0.25) is 5.91 Å². The van der Waals surface area contributed by atoms with Crippen molar-refractivity contribution in [2.45, 2.75) is 110 Å². The largest absolute Gasteiger partial charge is 0.458 e. The van der Waals surface area contributed by atoms with Gasteiger partial charge in [0.25, 0.3) is 0 Å². The van der Waals surface area contributed by atoms with Crippen molar-refractivity contribution in [2.24, 2.45) is 0 Å². The Balaban J connectivity index is 1.31. The van der Waals surface area contributed by atoms with Gasteiger partial charge in [0.15, 0.2) is 0 Å². The first-order valence-electron chi connectivity index (χ1n) is 16.2. The third kappa shape index (κ3) is 10.5. The van der Waals surface area contributed by atoms with E-state index in [1.54, 1.807) is 65.8 Å². The van der Waals surface area contributed by atoms with Gasteiger partial charge in [-0.2, -0.15) is 0 Å². The number of alkyl carbamates (subject to hydrolysis) is 1. The number of ether oxygens (including phenoxy) is 3. The predicted molar refractivity (Wildman–Crippen MR) is 175 cm³/mol. The molecule has 1 N–H and O–H groups in total. The van der Waals surface area contributed by atoms with Crippen LogP contribution in [0.4, 0.5) is 9.18 Å². The normalized spacial score (nSPS) is 21.2. The number of halogens is 1. The lowest BCUT2D eigenvalue weighted by molar-refractivity contribution is -0.159. The maximum atomic E-state index is 15.6. The summed E-state index contributed by atoms with van der Waals surface area (Å²) in [5.74, 6) is -1.64. The lowest BCUT2D eigenvalue weighted by Gasteiger charge is -2.37. The summed E-state index contributed by atoms with van der Waals surface area (Å²) in [4.78, 5) is 55.0. The summed E-state index contributed by atoms with van der Waals surface area (Å²) < 4.78 is 31.6. The van der Waals surface area contributed by atoms with Gasteiger partial charge in [-0.3, -0.25) is 14.5 Å². The topological polar surface area (TPSA) is 114 Å². The molecule has 1 unspecified atom stereocenters. The SMILES string of the molecule is Cc1ccc(CN2CC[C@@H](N3CC[C@@H](c4ccc(OC(=O)CC(NC(=O)OC(C)(C)C)C(=O)OC(C)(C)C)cc4)[C@H](F)C3)C2=O)cc1. The van der Waals surface area contributed by atoms with Crippen molar-refractivity contribution in [3.05, 3.63) is 65.2 Å². The Labute approximate surface area is 276 Å². The lowest BCUT2D eigenvalue weighted by Crippen LogP contribution is -2.49. The van der Waals surface area contributed by atoms with Crippen molar-refractivity contribution in [1.29, 1.82) is 0 Å². The Hall–Kier alpha value is -3.99. The number of hydrogen-bond acceptors (Lipinski definition) is 8. The minimum Gasteiger partial charge on any atom is -0.458 e. The van der Waals surface area contributed by atoms with Crippen LogP contribution >= 0.6 is 0 Å². The molecule has 4 rings (SSSR count). The fourth-order valence-corrected chi connectivity index (χ4v) is 5.86. The molecule has 2 aromatic carbocycles. The summed E-state index contributed by atoms with van der Waals surface area (Å²) >= 11 is 0. The molecule has 0 aliphatic carbocycles. The number of nitrogens with zero attached hydrogens (tertiary/aromatic N) is 2. The van der Waals surface area contributed by atoms with E-state index in [4.69, 9.17) is 14.2 Å². The zero-order chi connectivity index (χ0) is 34.5. The van der Waals surface area contributed by atoms with Gasteiger partial charge in [-0.05, 0) is 91.1 Å². The number of carbonyl (C=O) groups is 4. The van der Waals surface area contributed by atoms with Gasteiger partial charge < -0.3 is 24.4 Å². The van der Waals surface area contributed by atoms with Gasteiger partial charge >= 0.3 is 18.0 Å². The second-order valence-electron chi connectivity index (χ2n) is 14.4. The summed E-state index contributed by atoms with van der Waals surface area (Å²) in [6.07, 6.45) is -1.28.